The summed E-state index contributed by atoms with van der Waals surface area (Å²) < 4.78 is 5.08. The number of nitrogens with one attached hydrogen (secondary N) is 1. The highest BCUT2D eigenvalue weighted by Crippen LogP contribution is 2.28. The topological polar surface area (TPSA) is 78.9 Å². The third kappa shape index (κ3) is 2.91. The zero-order valence-corrected chi connectivity index (χ0v) is 11.5. The summed E-state index contributed by atoms with van der Waals surface area (Å²) in [5.74, 6) is -0.954. The summed E-state index contributed by atoms with van der Waals surface area (Å²) in [7, 11) is 1.59. The van der Waals surface area contributed by atoms with E-state index in [1.807, 2.05) is 6.92 Å². The molecule has 20 heavy (non-hydrogen) atoms. The van der Waals surface area contributed by atoms with E-state index in [1.54, 1.807) is 24.1 Å². The Kier molecular flexibility index (Phi) is 4.24. The van der Waals surface area contributed by atoms with E-state index in [4.69, 9.17) is 9.84 Å². The van der Waals surface area contributed by atoms with Crippen LogP contribution in [0.2, 0.25) is 0 Å². The Bertz CT molecular complexity index is 530. The smallest absolute Gasteiger partial charge is 0.335 e. The van der Waals surface area contributed by atoms with E-state index in [0.717, 1.165) is 11.3 Å². The fourth-order valence-corrected chi connectivity index (χ4v) is 2.16. The number of hydrogen-bond acceptors (Lipinski definition) is 3. The first-order valence-electron chi connectivity index (χ1n) is 6.47. The molecule has 108 valence electrons. The lowest BCUT2D eigenvalue weighted by molar-refractivity contribution is 0.0697. The van der Waals surface area contributed by atoms with Gasteiger partial charge < -0.3 is 15.2 Å². The van der Waals surface area contributed by atoms with Gasteiger partial charge in [-0.15, -0.1) is 0 Å². The highest BCUT2D eigenvalue weighted by molar-refractivity contribution is 5.96. The molecule has 2 N–H and O–H groups in total. The number of amides is 2. The van der Waals surface area contributed by atoms with Crippen molar-refractivity contribution in [3.05, 3.63) is 29.3 Å². The van der Waals surface area contributed by atoms with Crippen LogP contribution in [0.25, 0.3) is 0 Å². The fourth-order valence-electron chi connectivity index (χ4n) is 2.16. The number of carbonyl (C=O) groups excluding carboxylic acids is 1. The summed E-state index contributed by atoms with van der Waals surface area (Å²) in [6.45, 7) is 2.87. The number of rotatable bonds is 4. The van der Waals surface area contributed by atoms with Crippen LogP contribution in [0.1, 0.15) is 22.8 Å². The van der Waals surface area contributed by atoms with Crippen molar-refractivity contribution < 1.29 is 19.4 Å². The van der Waals surface area contributed by atoms with Gasteiger partial charge in [-0.25, -0.2) is 9.59 Å². The quantitative estimate of drug-likeness (QED) is 0.874. The minimum Gasteiger partial charge on any atom is -0.478 e. The van der Waals surface area contributed by atoms with Gasteiger partial charge in [-0.2, -0.15) is 0 Å². The van der Waals surface area contributed by atoms with E-state index in [-0.39, 0.29) is 17.7 Å². The van der Waals surface area contributed by atoms with Gasteiger partial charge in [0.25, 0.3) is 0 Å². The van der Waals surface area contributed by atoms with Crippen LogP contribution < -0.4 is 10.2 Å². The van der Waals surface area contributed by atoms with Crippen LogP contribution in [0.15, 0.2) is 18.2 Å². The van der Waals surface area contributed by atoms with Gasteiger partial charge in [-0.1, -0.05) is 0 Å². The maximum Gasteiger partial charge on any atom is 0.335 e. The molecule has 1 aliphatic heterocycles. The lowest BCUT2D eigenvalue weighted by atomic mass is 10.1. The molecule has 6 nitrogen and oxygen atoms in total. The third-order valence-electron chi connectivity index (χ3n) is 3.41. The Labute approximate surface area is 117 Å². The van der Waals surface area contributed by atoms with Crippen LogP contribution in [0.4, 0.5) is 10.5 Å². The summed E-state index contributed by atoms with van der Waals surface area (Å²) in [6.07, 6.45) is 0.624. The van der Waals surface area contributed by atoms with E-state index >= 15 is 0 Å². The second kappa shape index (κ2) is 5.92. The first kappa shape index (κ1) is 14.3. The van der Waals surface area contributed by atoms with Gasteiger partial charge in [0.05, 0.1) is 11.7 Å². The Hall–Kier alpha value is -2.08. The number of nitrogens with zero attached hydrogens (tertiary/aromatic N) is 1. The summed E-state index contributed by atoms with van der Waals surface area (Å²) in [4.78, 5) is 24.6. The number of hydrogen-bond donors (Lipinski definition) is 2. The van der Waals surface area contributed by atoms with Crippen molar-refractivity contribution in [1.82, 2.24) is 5.32 Å². The predicted molar refractivity (Wildman–Crippen MR) is 74.3 cm³/mol. The summed E-state index contributed by atoms with van der Waals surface area (Å²) in [6, 6.07) is 4.65. The van der Waals surface area contributed by atoms with Crippen molar-refractivity contribution >= 4 is 17.7 Å². The van der Waals surface area contributed by atoms with Gasteiger partial charge in [0.15, 0.2) is 0 Å². The minimum atomic E-state index is -0.954. The monoisotopic (exact) mass is 278 g/mol. The first-order chi connectivity index (χ1) is 9.52. The van der Waals surface area contributed by atoms with E-state index in [2.05, 4.69) is 5.32 Å². The molecule has 1 aliphatic rings. The Morgan fingerprint density at radius 1 is 1.50 bits per heavy atom. The molecule has 1 heterocycles. The summed E-state index contributed by atoms with van der Waals surface area (Å²) in [5.41, 5.74) is 1.91. The molecule has 0 aliphatic carbocycles. The molecule has 0 saturated carbocycles. The average Bonchev–Trinajstić information content (AvgIpc) is 2.87. The number of carbonyl (C=O) groups is 2. The molecule has 1 unspecified atom stereocenters. The molecule has 0 fully saturated rings. The van der Waals surface area contributed by atoms with E-state index in [1.165, 1.54) is 6.07 Å². The Morgan fingerprint density at radius 3 is 2.90 bits per heavy atom. The molecule has 0 saturated heterocycles. The van der Waals surface area contributed by atoms with Gasteiger partial charge in [-0.3, -0.25) is 4.90 Å². The molecule has 6 heteroatoms. The number of methoxy groups -OCH3 is 1. The van der Waals surface area contributed by atoms with Crippen molar-refractivity contribution in [2.24, 2.45) is 0 Å². The van der Waals surface area contributed by atoms with E-state index in [9.17, 15) is 9.59 Å². The van der Waals surface area contributed by atoms with E-state index in [0.29, 0.717) is 19.5 Å². The van der Waals surface area contributed by atoms with Gasteiger partial charge in [-0.05, 0) is 37.1 Å². The van der Waals surface area contributed by atoms with Crippen LogP contribution in [0, 0.1) is 0 Å². The SMILES string of the molecule is COC(C)CNC(=O)N1CCc2cc(C(=O)O)ccc21. The third-order valence-corrected chi connectivity index (χ3v) is 3.41. The molecule has 2 amide bonds. The average molecular weight is 278 g/mol. The number of benzene rings is 1. The zero-order valence-electron chi connectivity index (χ0n) is 11.5. The van der Waals surface area contributed by atoms with Crippen molar-refractivity contribution in [2.75, 3.05) is 25.1 Å². The van der Waals surface area contributed by atoms with Crippen molar-refractivity contribution in [3.63, 3.8) is 0 Å². The number of fused-ring (bicyclic) bond motifs is 1. The number of anilines is 1. The first-order valence-corrected chi connectivity index (χ1v) is 6.47. The highest BCUT2D eigenvalue weighted by Gasteiger charge is 2.25. The molecule has 1 atom stereocenters. The molecular formula is C14H18N2O4. The molecule has 2 rings (SSSR count). The number of urea groups is 1. The number of carboxylic acids is 1. The maximum absolute atomic E-state index is 12.1. The number of carboxylic acid groups (broad SMARTS) is 1. The molecule has 1 aromatic rings. The largest absolute Gasteiger partial charge is 0.478 e. The standard InChI is InChI=1S/C14H18N2O4/c1-9(20-2)8-15-14(19)16-6-5-10-7-11(13(17)18)3-4-12(10)16/h3-4,7,9H,5-6,8H2,1-2H3,(H,15,19)(H,17,18). The second-order valence-corrected chi connectivity index (χ2v) is 4.78. The fraction of sp³-hybridized carbons (Fsp3) is 0.429. The van der Waals surface area contributed by atoms with Crippen LogP contribution >= 0.6 is 0 Å². The molecular weight excluding hydrogens is 260 g/mol. The second-order valence-electron chi connectivity index (χ2n) is 4.78. The van der Waals surface area contributed by atoms with Crippen molar-refractivity contribution in [1.29, 1.82) is 0 Å². The lowest BCUT2D eigenvalue weighted by Crippen LogP contribution is -2.42. The van der Waals surface area contributed by atoms with Crippen LogP contribution in [0.5, 0.6) is 0 Å². The van der Waals surface area contributed by atoms with Crippen molar-refractivity contribution in [3.8, 4) is 0 Å². The zero-order chi connectivity index (χ0) is 14.7. The van der Waals surface area contributed by atoms with Gasteiger partial charge in [0.1, 0.15) is 0 Å². The molecule has 0 radical (unpaired) electrons. The van der Waals surface area contributed by atoms with Gasteiger partial charge in [0, 0.05) is 25.9 Å². The van der Waals surface area contributed by atoms with Crippen LogP contribution in [-0.4, -0.2) is 43.4 Å². The Balaban J connectivity index is 2.08. The Morgan fingerprint density at radius 2 is 2.25 bits per heavy atom. The maximum atomic E-state index is 12.1. The van der Waals surface area contributed by atoms with Gasteiger partial charge >= 0.3 is 12.0 Å². The normalized spacial score (nSPS) is 14.8. The highest BCUT2D eigenvalue weighted by atomic mass is 16.5. The minimum absolute atomic E-state index is 0.0459. The predicted octanol–water partition coefficient (Wildman–Crippen LogP) is 1.49. The number of aromatic carboxylic acids is 1. The van der Waals surface area contributed by atoms with Crippen LogP contribution in [-0.2, 0) is 11.2 Å². The van der Waals surface area contributed by atoms with E-state index < -0.39 is 5.97 Å². The molecule has 0 bridgehead atoms. The summed E-state index contributed by atoms with van der Waals surface area (Å²) in [5, 5.41) is 11.8. The molecule has 0 aromatic heterocycles. The molecule has 1 aromatic carbocycles. The molecule has 0 spiro atoms. The van der Waals surface area contributed by atoms with Gasteiger partial charge in [0.2, 0.25) is 0 Å². The van der Waals surface area contributed by atoms with Crippen molar-refractivity contribution in [2.45, 2.75) is 19.4 Å². The van der Waals surface area contributed by atoms with Crippen LogP contribution in [0.3, 0.4) is 0 Å². The summed E-state index contributed by atoms with van der Waals surface area (Å²) >= 11 is 0. The lowest BCUT2D eigenvalue weighted by Gasteiger charge is -2.19. The number of ether oxygens (including phenoxy) is 1.